The number of hydrogen-bond acceptors (Lipinski definition) is 6. The molecule has 0 bridgehead atoms. The predicted molar refractivity (Wildman–Crippen MR) is 119 cm³/mol. The van der Waals surface area contributed by atoms with Crippen LogP contribution >= 0.6 is 0 Å². The lowest BCUT2D eigenvalue weighted by Gasteiger charge is -2.33. The van der Waals surface area contributed by atoms with E-state index in [9.17, 15) is 4.79 Å². The first-order valence-corrected chi connectivity index (χ1v) is 10.7. The molecule has 1 aromatic heterocycles. The lowest BCUT2D eigenvalue weighted by Crippen LogP contribution is -2.49. The number of rotatable bonds is 7. The van der Waals surface area contributed by atoms with E-state index in [2.05, 4.69) is 63.4 Å². The van der Waals surface area contributed by atoms with E-state index in [-0.39, 0.29) is 5.91 Å². The summed E-state index contributed by atoms with van der Waals surface area (Å²) in [6, 6.07) is 16.3. The largest absolute Gasteiger partial charge is 0.351 e. The molecule has 7 heteroatoms. The molecule has 2 heterocycles. The van der Waals surface area contributed by atoms with Crippen molar-refractivity contribution in [1.82, 2.24) is 25.3 Å². The monoisotopic (exact) mass is 419 g/mol. The average molecular weight is 420 g/mol. The van der Waals surface area contributed by atoms with Gasteiger partial charge in [-0.2, -0.15) is 4.98 Å². The highest BCUT2D eigenvalue weighted by atomic mass is 16.5. The van der Waals surface area contributed by atoms with Crippen LogP contribution in [0.2, 0.25) is 0 Å². The highest BCUT2D eigenvalue weighted by Gasteiger charge is 2.21. The van der Waals surface area contributed by atoms with E-state index in [0.717, 1.165) is 37.3 Å². The molecule has 1 saturated heterocycles. The third kappa shape index (κ3) is 5.99. The second-order valence-electron chi connectivity index (χ2n) is 8.19. The van der Waals surface area contributed by atoms with Crippen molar-refractivity contribution in [2.24, 2.45) is 0 Å². The van der Waals surface area contributed by atoms with Crippen molar-refractivity contribution in [3.05, 3.63) is 71.1 Å². The number of nitrogens with one attached hydrogen (secondary N) is 1. The van der Waals surface area contributed by atoms with Gasteiger partial charge >= 0.3 is 0 Å². The Hall–Kier alpha value is -3.03. The van der Waals surface area contributed by atoms with Gasteiger partial charge in [-0.15, -0.1) is 0 Å². The molecule has 162 valence electrons. The third-order valence-corrected chi connectivity index (χ3v) is 5.58. The summed E-state index contributed by atoms with van der Waals surface area (Å²) in [7, 11) is 0. The Morgan fingerprint density at radius 3 is 2.23 bits per heavy atom. The zero-order valence-electron chi connectivity index (χ0n) is 18.2. The second kappa shape index (κ2) is 9.85. The lowest BCUT2D eigenvalue weighted by atomic mass is 10.1. The second-order valence-corrected chi connectivity index (χ2v) is 8.19. The topological polar surface area (TPSA) is 74.5 Å². The van der Waals surface area contributed by atoms with Gasteiger partial charge < -0.3 is 9.84 Å². The molecule has 4 rings (SSSR count). The molecular weight excluding hydrogens is 390 g/mol. The fraction of sp³-hybridized carbons (Fsp3) is 0.375. The number of piperazine rings is 1. The van der Waals surface area contributed by atoms with E-state index in [0.29, 0.717) is 31.3 Å². The molecular formula is C24H29N5O2. The Morgan fingerprint density at radius 1 is 0.935 bits per heavy atom. The highest BCUT2D eigenvalue weighted by molar-refractivity contribution is 5.78. The summed E-state index contributed by atoms with van der Waals surface area (Å²) in [6.07, 6.45) is 0. The number of amides is 1. The average Bonchev–Trinajstić information content (AvgIpc) is 3.24. The molecule has 0 unspecified atom stereocenters. The molecule has 31 heavy (non-hydrogen) atoms. The van der Waals surface area contributed by atoms with E-state index < -0.39 is 0 Å². The van der Waals surface area contributed by atoms with Crippen molar-refractivity contribution in [1.29, 1.82) is 0 Å². The molecule has 0 atom stereocenters. The van der Waals surface area contributed by atoms with Crippen LogP contribution in [0.5, 0.6) is 0 Å². The molecule has 1 aliphatic rings. The number of hydrogen-bond donors (Lipinski definition) is 1. The molecule has 1 amide bonds. The Bertz CT molecular complexity index is 990. The predicted octanol–water partition coefficient (Wildman–Crippen LogP) is 2.79. The molecule has 1 aliphatic heterocycles. The van der Waals surface area contributed by atoms with Gasteiger partial charge in [0.15, 0.2) is 0 Å². The van der Waals surface area contributed by atoms with Crippen LogP contribution in [0.15, 0.2) is 53.1 Å². The lowest BCUT2D eigenvalue weighted by molar-refractivity contribution is -0.122. The fourth-order valence-corrected chi connectivity index (χ4v) is 3.60. The summed E-state index contributed by atoms with van der Waals surface area (Å²) in [5, 5.41) is 7.12. The number of carbonyl (C=O) groups is 1. The Morgan fingerprint density at radius 2 is 1.55 bits per heavy atom. The number of aromatic nitrogens is 2. The van der Waals surface area contributed by atoms with Gasteiger partial charge in [0.05, 0.1) is 13.1 Å². The van der Waals surface area contributed by atoms with Gasteiger partial charge in [-0.05, 0) is 19.4 Å². The third-order valence-electron chi connectivity index (χ3n) is 5.58. The van der Waals surface area contributed by atoms with E-state index in [1.807, 2.05) is 24.3 Å². The van der Waals surface area contributed by atoms with Crippen molar-refractivity contribution >= 4 is 5.91 Å². The molecule has 1 fully saturated rings. The van der Waals surface area contributed by atoms with Crippen LogP contribution in [0.3, 0.4) is 0 Å². The summed E-state index contributed by atoms with van der Waals surface area (Å²) >= 11 is 0. The van der Waals surface area contributed by atoms with Crippen molar-refractivity contribution in [2.45, 2.75) is 26.9 Å². The molecule has 0 saturated carbocycles. The zero-order valence-corrected chi connectivity index (χ0v) is 18.2. The van der Waals surface area contributed by atoms with Crippen molar-refractivity contribution in [3.63, 3.8) is 0 Å². The maximum Gasteiger partial charge on any atom is 0.241 e. The first-order chi connectivity index (χ1) is 15.0. The number of aryl methyl sites for hydroxylation is 2. The standard InChI is InChI=1S/C24H29N5O2/c1-18-3-7-20(8-4-18)15-25-22(30)16-28-11-13-29(14-12-28)17-23-26-24(27-31-23)21-9-5-19(2)6-10-21/h3-10H,11-17H2,1-2H3,(H,25,30). The maximum absolute atomic E-state index is 12.3. The molecule has 7 nitrogen and oxygen atoms in total. The summed E-state index contributed by atoms with van der Waals surface area (Å²) in [5.74, 6) is 1.31. The summed E-state index contributed by atoms with van der Waals surface area (Å²) in [5.41, 5.74) is 4.50. The van der Waals surface area contributed by atoms with Gasteiger partial charge in [-0.3, -0.25) is 14.6 Å². The molecule has 1 N–H and O–H groups in total. The molecule has 0 aliphatic carbocycles. The Kier molecular flexibility index (Phi) is 6.74. The van der Waals surface area contributed by atoms with Gasteiger partial charge in [0.25, 0.3) is 0 Å². The Balaban J connectivity index is 1.19. The van der Waals surface area contributed by atoms with Gasteiger partial charge in [-0.25, -0.2) is 0 Å². The van der Waals surface area contributed by atoms with E-state index in [4.69, 9.17) is 4.52 Å². The van der Waals surface area contributed by atoms with E-state index in [1.54, 1.807) is 0 Å². The number of benzene rings is 2. The normalized spacial score (nSPS) is 15.2. The van der Waals surface area contributed by atoms with Gasteiger partial charge in [0, 0.05) is 38.3 Å². The van der Waals surface area contributed by atoms with Crippen LogP contribution in [0, 0.1) is 13.8 Å². The van der Waals surface area contributed by atoms with Crippen LogP contribution in [0.25, 0.3) is 11.4 Å². The first-order valence-electron chi connectivity index (χ1n) is 10.7. The minimum atomic E-state index is 0.0636. The Labute approximate surface area is 183 Å². The number of carbonyl (C=O) groups excluding carboxylic acids is 1. The van der Waals surface area contributed by atoms with Crippen LogP contribution in [-0.2, 0) is 17.9 Å². The van der Waals surface area contributed by atoms with Crippen molar-refractivity contribution in [3.8, 4) is 11.4 Å². The van der Waals surface area contributed by atoms with Crippen LogP contribution < -0.4 is 5.32 Å². The van der Waals surface area contributed by atoms with E-state index in [1.165, 1.54) is 11.1 Å². The van der Waals surface area contributed by atoms with Gasteiger partial charge in [0.2, 0.25) is 17.6 Å². The summed E-state index contributed by atoms with van der Waals surface area (Å²) < 4.78 is 5.44. The molecule has 0 spiro atoms. The van der Waals surface area contributed by atoms with Crippen molar-refractivity contribution < 1.29 is 9.32 Å². The van der Waals surface area contributed by atoms with E-state index >= 15 is 0 Å². The highest BCUT2D eigenvalue weighted by Crippen LogP contribution is 2.17. The summed E-state index contributed by atoms with van der Waals surface area (Å²) in [4.78, 5) is 21.3. The molecule has 3 aromatic rings. The quantitative estimate of drug-likeness (QED) is 0.635. The number of nitrogens with zero attached hydrogens (tertiary/aromatic N) is 4. The van der Waals surface area contributed by atoms with Crippen LogP contribution in [-0.4, -0.2) is 58.6 Å². The molecule has 2 aromatic carbocycles. The SMILES string of the molecule is Cc1ccc(CNC(=O)CN2CCN(Cc3nc(-c4ccc(C)cc4)no3)CC2)cc1. The fourth-order valence-electron chi connectivity index (χ4n) is 3.60. The van der Waals surface area contributed by atoms with Gasteiger partial charge in [0.1, 0.15) is 0 Å². The smallest absolute Gasteiger partial charge is 0.241 e. The van der Waals surface area contributed by atoms with Crippen LogP contribution in [0.4, 0.5) is 0 Å². The zero-order chi connectivity index (χ0) is 21.6. The molecule has 0 radical (unpaired) electrons. The van der Waals surface area contributed by atoms with Gasteiger partial charge in [-0.1, -0.05) is 64.8 Å². The minimum absolute atomic E-state index is 0.0636. The van der Waals surface area contributed by atoms with Crippen LogP contribution in [0.1, 0.15) is 22.6 Å². The minimum Gasteiger partial charge on any atom is -0.351 e. The first kappa shape index (κ1) is 21.2. The summed E-state index contributed by atoms with van der Waals surface area (Å²) in [6.45, 7) is 9.17. The van der Waals surface area contributed by atoms with Crippen molar-refractivity contribution in [2.75, 3.05) is 32.7 Å². The maximum atomic E-state index is 12.3.